The Kier molecular flexibility index (Phi) is 5.96. The normalized spacial score (nSPS) is 10.4. The molecule has 0 saturated heterocycles. The first-order valence-corrected chi connectivity index (χ1v) is 8.05. The number of nitro groups is 1. The van der Waals surface area contributed by atoms with E-state index in [0.717, 1.165) is 35.1 Å². The second-order valence-corrected chi connectivity index (χ2v) is 6.19. The highest BCUT2D eigenvalue weighted by Gasteiger charge is 2.21. The smallest absolute Gasteiger partial charge is 0.343 e. The fraction of sp³-hybridized carbons (Fsp3) is 0.235. The van der Waals surface area contributed by atoms with Gasteiger partial charge in [-0.15, -0.1) is 0 Å². The summed E-state index contributed by atoms with van der Waals surface area (Å²) in [6, 6.07) is 4.29. The maximum absolute atomic E-state index is 12.3. The van der Waals surface area contributed by atoms with Crippen molar-refractivity contribution >= 4 is 34.9 Å². The molecule has 1 N–H and O–H groups in total. The van der Waals surface area contributed by atoms with Gasteiger partial charge in [0.15, 0.2) is 0 Å². The van der Waals surface area contributed by atoms with Crippen LogP contribution in [-0.4, -0.2) is 28.5 Å². The third kappa shape index (κ3) is 4.50. The summed E-state index contributed by atoms with van der Waals surface area (Å²) >= 11 is 6.13. The topological polar surface area (TPSA) is 121 Å². The molecule has 0 radical (unpaired) electrons. The predicted molar refractivity (Wildman–Crippen MR) is 98.3 cm³/mol. The number of aromatic nitrogens is 1. The molecule has 9 nitrogen and oxygen atoms in total. The molecular formula is C17H16ClN3O6. The fourth-order valence-electron chi connectivity index (χ4n) is 2.50. The minimum atomic E-state index is -1.03. The molecule has 1 amide bonds. The Morgan fingerprint density at radius 3 is 2.52 bits per heavy atom. The second-order valence-electron chi connectivity index (χ2n) is 5.78. The number of nitrogens with zero attached hydrogens (tertiary/aromatic N) is 2. The summed E-state index contributed by atoms with van der Waals surface area (Å²) in [4.78, 5) is 46.6. The molecule has 27 heavy (non-hydrogen) atoms. The lowest BCUT2D eigenvalue weighted by molar-refractivity contribution is -0.385. The highest BCUT2D eigenvalue weighted by Crippen LogP contribution is 2.27. The number of amides is 1. The number of ether oxygens (including phenoxy) is 1. The Morgan fingerprint density at radius 1 is 1.30 bits per heavy atom. The van der Waals surface area contributed by atoms with Gasteiger partial charge in [-0.2, -0.15) is 0 Å². The number of aryl methyl sites for hydroxylation is 2. The van der Waals surface area contributed by atoms with Crippen LogP contribution in [0.15, 0.2) is 29.2 Å². The van der Waals surface area contributed by atoms with Gasteiger partial charge >= 0.3 is 5.97 Å². The number of benzene rings is 1. The van der Waals surface area contributed by atoms with Crippen molar-refractivity contribution < 1.29 is 19.2 Å². The van der Waals surface area contributed by atoms with Crippen LogP contribution >= 0.6 is 11.6 Å². The number of anilines is 1. The van der Waals surface area contributed by atoms with E-state index < -0.39 is 40.2 Å². The van der Waals surface area contributed by atoms with E-state index in [9.17, 15) is 24.5 Å². The maximum Gasteiger partial charge on any atom is 0.343 e. The molecule has 1 aromatic heterocycles. The van der Waals surface area contributed by atoms with Gasteiger partial charge < -0.3 is 10.1 Å². The number of carbonyl (C=O) groups excluding carboxylic acids is 2. The van der Waals surface area contributed by atoms with Crippen LogP contribution in [0.4, 0.5) is 11.4 Å². The molecule has 0 unspecified atom stereocenters. The minimum Gasteiger partial charge on any atom is -0.465 e. The molecular weight excluding hydrogens is 378 g/mol. The average Bonchev–Trinajstić information content (AvgIpc) is 2.58. The molecule has 0 aliphatic rings. The fourth-order valence-corrected chi connectivity index (χ4v) is 2.87. The molecule has 0 aliphatic carbocycles. The summed E-state index contributed by atoms with van der Waals surface area (Å²) in [6.07, 6.45) is 0.887. The first-order chi connectivity index (χ1) is 12.6. The number of rotatable bonds is 5. The van der Waals surface area contributed by atoms with Gasteiger partial charge in [0.2, 0.25) is 5.91 Å². The molecule has 2 rings (SSSR count). The van der Waals surface area contributed by atoms with Crippen molar-refractivity contribution in [2.45, 2.75) is 20.4 Å². The largest absolute Gasteiger partial charge is 0.465 e. The molecule has 142 valence electrons. The van der Waals surface area contributed by atoms with Gasteiger partial charge in [0.05, 0.1) is 28.9 Å². The van der Waals surface area contributed by atoms with Crippen molar-refractivity contribution in [1.29, 1.82) is 0 Å². The molecule has 0 spiro atoms. The van der Waals surface area contributed by atoms with Gasteiger partial charge in [-0.1, -0.05) is 17.7 Å². The van der Waals surface area contributed by atoms with Crippen molar-refractivity contribution in [2.24, 2.45) is 0 Å². The summed E-state index contributed by atoms with van der Waals surface area (Å²) < 4.78 is 5.23. The number of pyridine rings is 1. The number of methoxy groups -OCH3 is 1. The van der Waals surface area contributed by atoms with Gasteiger partial charge in [0.25, 0.3) is 11.2 Å². The Labute approximate surface area is 158 Å². The summed E-state index contributed by atoms with van der Waals surface area (Å²) in [5.74, 6) is -1.67. The van der Waals surface area contributed by atoms with Crippen molar-refractivity contribution in [3.05, 3.63) is 66.6 Å². The highest BCUT2D eigenvalue weighted by molar-refractivity contribution is 6.34. The predicted octanol–water partition coefficient (Wildman–Crippen LogP) is 2.45. The Bertz CT molecular complexity index is 976. The minimum absolute atomic E-state index is 0.322. The van der Waals surface area contributed by atoms with Crippen LogP contribution in [-0.2, 0) is 16.1 Å². The molecule has 0 saturated carbocycles. The Hall–Kier alpha value is -3.20. The van der Waals surface area contributed by atoms with Crippen LogP contribution in [0.25, 0.3) is 0 Å². The standard InChI is InChI=1S/C17H16ClN3O6/c1-9-4-10(2)15(13(18)5-9)19-14(22)8-20-7-11(21(25)26)6-12(16(20)23)17(24)27-3/h4-7H,8H2,1-3H3,(H,19,22). The Morgan fingerprint density at radius 2 is 1.96 bits per heavy atom. The quantitative estimate of drug-likeness (QED) is 0.473. The number of hydrogen-bond donors (Lipinski definition) is 1. The van der Waals surface area contributed by atoms with Gasteiger partial charge in [-0.25, -0.2) is 4.79 Å². The van der Waals surface area contributed by atoms with Gasteiger partial charge in [0.1, 0.15) is 12.1 Å². The molecule has 0 bridgehead atoms. The molecule has 1 heterocycles. The van der Waals surface area contributed by atoms with E-state index in [1.165, 1.54) is 0 Å². The monoisotopic (exact) mass is 393 g/mol. The highest BCUT2D eigenvalue weighted by atomic mass is 35.5. The number of nitrogens with one attached hydrogen (secondary N) is 1. The van der Waals surface area contributed by atoms with Crippen molar-refractivity contribution in [1.82, 2.24) is 4.57 Å². The molecule has 0 atom stereocenters. The summed E-state index contributed by atoms with van der Waals surface area (Å²) in [6.45, 7) is 3.05. The van der Waals surface area contributed by atoms with Crippen LogP contribution < -0.4 is 10.9 Å². The zero-order valence-electron chi connectivity index (χ0n) is 14.7. The molecule has 0 aliphatic heterocycles. The van der Waals surface area contributed by atoms with Crippen LogP contribution in [0.1, 0.15) is 21.5 Å². The lowest BCUT2D eigenvalue weighted by atomic mass is 10.1. The molecule has 1 aromatic carbocycles. The summed E-state index contributed by atoms with van der Waals surface area (Å²) in [5, 5.41) is 13.9. The van der Waals surface area contributed by atoms with Crippen LogP contribution in [0.2, 0.25) is 5.02 Å². The third-order valence-corrected chi connectivity index (χ3v) is 4.00. The van der Waals surface area contributed by atoms with E-state index in [1.807, 2.05) is 13.0 Å². The first-order valence-electron chi connectivity index (χ1n) is 7.67. The lowest BCUT2D eigenvalue weighted by Gasteiger charge is -2.12. The lowest BCUT2D eigenvalue weighted by Crippen LogP contribution is -2.31. The summed E-state index contributed by atoms with van der Waals surface area (Å²) in [5.41, 5.74) is 0.0628. The van der Waals surface area contributed by atoms with E-state index in [0.29, 0.717) is 10.7 Å². The van der Waals surface area contributed by atoms with E-state index in [2.05, 4.69) is 10.1 Å². The zero-order valence-corrected chi connectivity index (χ0v) is 15.5. The summed E-state index contributed by atoms with van der Waals surface area (Å²) in [7, 11) is 1.04. The van der Waals surface area contributed by atoms with E-state index in [4.69, 9.17) is 11.6 Å². The van der Waals surface area contributed by atoms with Gasteiger partial charge in [-0.05, 0) is 31.0 Å². The SMILES string of the molecule is COC(=O)c1cc([N+](=O)[O-])cn(CC(=O)Nc2c(C)cc(C)cc2Cl)c1=O. The second kappa shape index (κ2) is 8.00. The number of halogens is 1. The first kappa shape index (κ1) is 20.1. The third-order valence-electron chi connectivity index (χ3n) is 3.70. The van der Waals surface area contributed by atoms with Crippen molar-refractivity contribution in [2.75, 3.05) is 12.4 Å². The van der Waals surface area contributed by atoms with E-state index in [1.54, 1.807) is 13.0 Å². The van der Waals surface area contributed by atoms with E-state index in [-0.39, 0.29) is 0 Å². The van der Waals surface area contributed by atoms with Crippen LogP contribution in [0.5, 0.6) is 0 Å². The van der Waals surface area contributed by atoms with Crippen molar-refractivity contribution in [3.63, 3.8) is 0 Å². The van der Waals surface area contributed by atoms with Gasteiger partial charge in [-0.3, -0.25) is 24.3 Å². The van der Waals surface area contributed by atoms with E-state index >= 15 is 0 Å². The molecule has 10 heteroatoms. The number of esters is 1. The van der Waals surface area contributed by atoms with Crippen LogP contribution in [0, 0.1) is 24.0 Å². The zero-order chi connectivity index (χ0) is 20.3. The maximum atomic E-state index is 12.3. The van der Waals surface area contributed by atoms with Crippen LogP contribution in [0.3, 0.4) is 0 Å². The Balaban J connectivity index is 2.38. The molecule has 2 aromatic rings. The number of hydrogen-bond acceptors (Lipinski definition) is 6. The average molecular weight is 394 g/mol. The number of carbonyl (C=O) groups is 2. The molecule has 0 fully saturated rings. The van der Waals surface area contributed by atoms with Crippen molar-refractivity contribution in [3.8, 4) is 0 Å². The van der Waals surface area contributed by atoms with Gasteiger partial charge in [0, 0.05) is 6.07 Å².